The molecule has 1 fully saturated rings. The summed E-state index contributed by atoms with van der Waals surface area (Å²) in [6.07, 6.45) is 0.645. The van der Waals surface area contributed by atoms with Gasteiger partial charge in [-0.2, -0.15) is 4.98 Å². The van der Waals surface area contributed by atoms with E-state index in [1.165, 1.54) is 12.3 Å². The zero-order valence-corrected chi connectivity index (χ0v) is 21.4. The molecule has 1 aliphatic rings. The van der Waals surface area contributed by atoms with Crippen LogP contribution in [0.4, 0.5) is 20.3 Å². The van der Waals surface area contributed by atoms with Crippen LogP contribution in [0, 0.1) is 12.3 Å². The Labute approximate surface area is 210 Å². The van der Waals surface area contributed by atoms with Crippen molar-refractivity contribution in [2.75, 3.05) is 42.3 Å². The van der Waals surface area contributed by atoms with Gasteiger partial charge in [0.25, 0.3) is 12.3 Å². The van der Waals surface area contributed by atoms with Crippen LogP contribution in [0.25, 0.3) is 0 Å². The third-order valence-corrected chi connectivity index (χ3v) is 6.95. The van der Waals surface area contributed by atoms with Crippen molar-refractivity contribution in [1.82, 2.24) is 9.97 Å². The Morgan fingerprint density at radius 2 is 1.97 bits per heavy atom. The van der Waals surface area contributed by atoms with E-state index in [1.54, 1.807) is 6.07 Å². The highest BCUT2D eigenvalue weighted by molar-refractivity contribution is 7.85. The van der Waals surface area contributed by atoms with Crippen LogP contribution in [0.5, 0.6) is 17.5 Å². The van der Waals surface area contributed by atoms with E-state index in [0.717, 1.165) is 18.4 Å². The van der Waals surface area contributed by atoms with Gasteiger partial charge >= 0.3 is 0 Å². The second kappa shape index (κ2) is 12.8. The number of primary amides is 1. The average Bonchev–Trinajstić information content (AvgIpc) is 2.78. The first kappa shape index (κ1) is 28.5. The van der Waals surface area contributed by atoms with Gasteiger partial charge in [0.1, 0.15) is 6.61 Å². The van der Waals surface area contributed by atoms with Crippen LogP contribution < -0.4 is 25.8 Å². The van der Waals surface area contributed by atoms with E-state index in [0.29, 0.717) is 29.6 Å². The number of amides is 1. The topological polar surface area (TPSA) is 134 Å². The molecule has 2 aromatic rings. The van der Waals surface area contributed by atoms with Crippen molar-refractivity contribution in [3.63, 3.8) is 0 Å². The predicted molar refractivity (Wildman–Crippen MR) is 133 cm³/mol. The number of nitrogens with two attached hydrogens (primary N) is 2. The SMILES string of the molecule is Cc1cc(Oc2ncc(Cl)cc2OCC(F)F)nc(N(C)CC2(C)CCS(=O)CC2)c1N.NC=O. The molecule has 4 N–H and O–H groups in total. The number of nitrogens with zero attached hydrogens (tertiary/aromatic N) is 3. The van der Waals surface area contributed by atoms with Crippen molar-refractivity contribution in [1.29, 1.82) is 0 Å². The van der Waals surface area contributed by atoms with Crippen LogP contribution in [-0.4, -0.2) is 58.7 Å². The maximum atomic E-state index is 12.6. The Bertz CT molecular complexity index is 1040. The zero-order valence-electron chi connectivity index (χ0n) is 19.8. The van der Waals surface area contributed by atoms with E-state index in [9.17, 15) is 13.0 Å². The summed E-state index contributed by atoms with van der Waals surface area (Å²) >= 11 is 5.92. The molecule has 3 heterocycles. The van der Waals surface area contributed by atoms with Crippen molar-refractivity contribution in [2.45, 2.75) is 33.1 Å². The van der Waals surface area contributed by atoms with Crippen LogP contribution in [0.15, 0.2) is 18.3 Å². The van der Waals surface area contributed by atoms with Gasteiger partial charge in [-0.05, 0) is 30.7 Å². The third-order valence-electron chi connectivity index (χ3n) is 5.42. The number of halogens is 3. The van der Waals surface area contributed by atoms with Crippen LogP contribution in [0.2, 0.25) is 5.02 Å². The molecule has 0 atom stereocenters. The van der Waals surface area contributed by atoms with Crippen molar-refractivity contribution in [3.05, 3.63) is 28.9 Å². The molecule has 3 rings (SSSR count). The minimum atomic E-state index is -2.66. The van der Waals surface area contributed by atoms with Gasteiger partial charge in [-0.25, -0.2) is 13.8 Å². The van der Waals surface area contributed by atoms with E-state index in [2.05, 4.69) is 22.6 Å². The number of pyridine rings is 2. The molecular formula is C22H30ClF2N5O4S. The first-order valence-electron chi connectivity index (χ1n) is 10.7. The lowest BCUT2D eigenvalue weighted by atomic mass is 9.83. The summed E-state index contributed by atoms with van der Waals surface area (Å²) in [4.78, 5) is 19.1. The van der Waals surface area contributed by atoms with Crippen molar-refractivity contribution in [2.24, 2.45) is 11.1 Å². The smallest absolute Gasteiger partial charge is 0.272 e. The van der Waals surface area contributed by atoms with Gasteiger partial charge in [-0.3, -0.25) is 9.00 Å². The number of alkyl halides is 2. The molecule has 0 aromatic carbocycles. The summed E-state index contributed by atoms with van der Waals surface area (Å²) in [6.45, 7) is 3.87. The maximum absolute atomic E-state index is 12.6. The third kappa shape index (κ3) is 8.46. The lowest BCUT2D eigenvalue weighted by Gasteiger charge is -2.37. The molecule has 0 unspecified atom stereocenters. The number of aromatic nitrogens is 2. The van der Waals surface area contributed by atoms with E-state index in [-0.39, 0.29) is 34.4 Å². The van der Waals surface area contributed by atoms with Crippen LogP contribution in [-0.2, 0) is 15.6 Å². The number of aryl methyl sites for hydroxylation is 1. The molecule has 0 radical (unpaired) electrons. The number of hydrogen-bond donors (Lipinski definition) is 2. The van der Waals surface area contributed by atoms with Gasteiger partial charge < -0.3 is 25.8 Å². The molecule has 2 aromatic heterocycles. The Hall–Kier alpha value is -2.73. The first-order valence-corrected chi connectivity index (χ1v) is 12.6. The van der Waals surface area contributed by atoms with Crippen molar-refractivity contribution < 1.29 is 27.3 Å². The molecule has 0 bridgehead atoms. The van der Waals surface area contributed by atoms with Gasteiger partial charge in [0.15, 0.2) is 11.6 Å². The molecule has 35 heavy (non-hydrogen) atoms. The molecule has 0 aliphatic carbocycles. The summed E-state index contributed by atoms with van der Waals surface area (Å²) in [7, 11) is 1.16. The fourth-order valence-electron chi connectivity index (χ4n) is 3.57. The summed E-state index contributed by atoms with van der Waals surface area (Å²) in [6, 6.07) is 3.00. The van der Waals surface area contributed by atoms with Gasteiger partial charge in [0, 0.05) is 54.2 Å². The summed E-state index contributed by atoms with van der Waals surface area (Å²) in [5, 5.41) is 0.227. The number of carbonyl (C=O) groups is 1. The van der Waals surface area contributed by atoms with Crippen LogP contribution >= 0.6 is 11.6 Å². The first-order chi connectivity index (χ1) is 16.5. The maximum Gasteiger partial charge on any atom is 0.272 e. The molecular weight excluding hydrogens is 504 g/mol. The highest BCUT2D eigenvalue weighted by Gasteiger charge is 2.32. The van der Waals surface area contributed by atoms with Crippen molar-refractivity contribution in [3.8, 4) is 17.5 Å². The summed E-state index contributed by atoms with van der Waals surface area (Å²) < 4.78 is 47.8. The Balaban J connectivity index is 0.00000137. The number of anilines is 2. The summed E-state index contributed by atoms with van der Waals surface area (Å²) in [5.74, 6) is 2.09. The second-order valence-corrected chi connectivity index (χ2v) is 10.6. The molecule has 0 spiro atoms. The molecule has 1 saturated heterocycles. The van der Waals surface area contributed by atoms with Gasteiger partial charge in [0.05, 0.1) is 10.7 Å². The molecule has 0 saturated carbocycles. The van der Waals surface area contributed by atoms with Crippen molar-refractivity contribution >= 4 is 40.3 Å². The van der Waals surface area contributed by atoms with E-state index in [1.807, 2.05) is 18.9 Å². The van der Waals surface area contributed by atoms with E-state index in [4.69, 9.17) is 31.6 Å². The number of ether oxygens (including phenoxy) is 2. The second-order valence-electron chi connectivity index (χ2n) is 8.43. The number of nitrogen functional groups attached to an aromatic ring is 1. The molecule has 13 heteroatoms. The largest absolute Gasteiger partial charge is 0.482 e. The minimum absolute atomic E-state index is 0.00440. The highest BCUT2D eigenvalue weighted by atomic mass is 35.5. The lowest BCUT2D eigenvalue weighted by Crippen LogP contribution is -2.39. The summed E-state index contributed by atoms with van der Waals surface area (Å²) in [5.41, 5.74) is 11.7. The van der Waals surface area contributed by atoms with Crippen LogP contribution in [0.3, 0.4) is 0 Å². The number of hydrogen-bond acceptors (Lipinski definition) is 8. The Morgan fingerprint density at radius 3 is 2.57 bits per heavy atom. The molecule has 9 nitrogen and oxygen atoms in total. The minimum Gasteiger partial charge on any atom is -0.482 e. The Kier molecular flexibility index (Phi) is 10.4. The van der Waals surface area contributed by atoms with Gasteiger partial charge in [0.2, 0.25) is 12.3 Å². The number of carbonyl (C=O) groups excluding carboxylic acids is 1. The highest BCUT2D eigenvalue weighted by Crippen LogP contribution is 2.37. The van der Waals surface area contributed by atoms with E-state index >= 15 is 0 Å². The van der Waals surface area contributed by atoms with Gasteiger partial charge in [-0.1, -0.05) is 18.5 Å². The normalized spacial score (nSPS) is 19.5. The molecule has 1 aliphatic heterocycles. The quantitative estimate of drug-likeness (QED) is 0.492. The molecule has 194 valence electrons. The molecule has 1 amide bonds. The van der Waals surface area contributed by atoms with E-state index < -0.39 is 23.8 Å². The average molecular weight is 534 g/mol. The fourth-order valence-corrected chi connectivity index (χ4v) is 5.37. The predicted octanol–water partition coefficient (Wildman–Crippen LogP) is 3.54. The lowest BCUT2D eigenvalue weighted by molar-refractivity contribution is -0.106. The standard InChI is InChI=1S/C21H27ClF2N4O3S.CH3NO/c1-13-8-17(31-20-15(30-11-16(23)24)9-14(22)10-26-20)27-19(18(13)25)28(3)12-21(2)4-6-32(29)7-5-21;2-1-3/h8-10,16H,4-7,11-12,25H2,1-3H3;1H,(H2,2,3). The number of rotatable bonds is 8. The Morgan fingerprint density at radius 1 is 1.34 bits per heavy atom. The van der Waals surface area contributed by atoms with Gasteiger partial charge in [-0.15, -0.1) is 0 Å². The van der Waals surface area contributed by atoms with Crippen LogP contribution in [0.1, 0.15) is 25.3 Å². The fraction of sp³-hybridized carbons (Fsp3) is 0.500. The zero-order chi connectivity index (χ0) is 26.2. The monoisotopic (exact) mass is 533 g/mol.